The minimum Gasteiger partial charge on any atom is -0.336 e. The summed E-state index contributed by atoms with van der Waals surface area (Å²) in [6.07, 6.45) is 0.239. The molecule has 2 aliphatic heterocycles. The second-order valence-electron chi connectivity index (χ2n) is 6.72. The summed E-state index contributed by atoms with van der Waals surface area (Å²) in [7, 11) is 0. The Labute approximate surface area is 141 Å². The lowest BCUT2D eigenvalue weighted by Crippen LogP contribution is -2.62. The monoisotopic (exact) mass is 329 g/mol. The number of piperazine rings is 1. The van der Waals surface area contributed by atoms with Crippen molar-refractivity contribution in [3.8, 4) is 0 Å². The summed E-state index contributed by atoms with van der Waals surface area (Å²) in [5, 5.41) is 5.98. The van der Waals surface area contributed by atoms with Gasteiger partial charge < -0.3 is 15.5 Å². The van der Waals surface area contributed by atoms with Crippen molar-refractivity contribution in [3.63, 3.8) is 0 Å². The van der Waals surface area contributed by atoms with E-state index in [1.54, 1.807) is 11.0 Å². The molecule has 2 aliphatic rings. The number of amides is 2. The summed E-state index contributed by atoms with van der Waals surface area (Å²) in [6, 6.07) is 7.37. The van der Waals surface area contributed by atoms with E-state index in [0.29, 0.717) is 25.3 Å². The fourth-order valence-electron chi connectivity index (χ4n) is 3.46. The minimum absolute atomic E-state index is 0.120. The second kappa shape index (κ2) is 6.73. The largest absolute Gasteiger partial charge is 0.336 e. The molecule has 0 aliphatic carbocycles. The van der Waals surface area contributed by atoms with Gasteiger partial charge in [0.2, 0.25) is 11.8 Å². The molecule has 0 radical (unpaired) electrons. The van der Waals surface area contributed by atoms with Crippen molar-refractivity contribution in [1.29, 1.82) is 0 Å². The van der Waals surface area contributed by atoms with E-state index >= 15 is 0 Å². The Kier molecular flexibility index (Phi) is 4.66. The van der Waals surface area contributed by atoms with Crippen LogP contribution in [0.5, 0.6) is 0 Å². The molecule has 128 valence electrons. The van der Waals surface area contributed by atoms with Gasteiger partial charge in [0.15, 0.2) is 11.7 Å². The van der Waals surface area contributed by atoms with E-state index in [0.717, 1.165) is 5.56 Å². The van der Waals surface area contributed by atoms with Gasteiger partial charge in [-0.1, -0.05) is 32.0 Å². The first-order valence-electron chi connectivity index (χ1n) is 8.42. The third-order valence-electron chi connectivity index (χ3n) is 4.74. The molecule has 0 aromatic heterocycles. The van der Waals surface area contributed by atoms with Crippen LogP contribution in [0.1, 0.15) is 31.7 Å². The topological polar surface area (TPSA) is 78.5 Å². The third kappa shape index (κ3) is 3.06. The normalized spacial score (nSPS) is 24.0. The van der Waals surface area contributed by atoms with Crippen LogP contribution in [-0.2, 0) is 14.4 Å². The zero-order valence-electron chi connectivity index (χ0n) is 14.0. The van der Waals surface area contributed by atoms with Crippen LogP contribution >= 0.6 is 0 Å². The number of carbonyl (C=O) groups is 3. The fraction of sp³-hybridized carbons (Fsp3) is 0.500. The van der Waals surface area contributed by atoms with Gasteiger partial charge in [-0.05, 0) is 17.5 Å². The highest BCUT2D eigenvalue weighted by Gasteiger charge is 2.45. The molecule has 1 aromatic rings. The average molecular weight is 329 g/mol. The molecule has 0 bridgehead atoms. The second-order valence-corrected chi connectivity index (χ2v) is 6.72. The number of carbonyl (C=O) groups excluding carboxylic acids is 3. The fourth-order valence-corrected chi connectivity index (χ4v) is 3.46. The first-order chi connectivity index (χ1) is 11.5. The van der Waals surface area contributed by atoms with Crippen LogP contribution in [0.15, 0.2) is 24.3 Å². The number of nitrogens with one attached hydrogen (secondary N) is 2. The first kappa shape index (κ1) is 16.6. The molecular formula is C18H23N3O3. The SMILES string of the molecule is CC(C)c1ccccc1NC(=O)C1C(=O)CC2CNCCN2C1=O. The number of hydrogen-bond acceptors (Lipinski definition) is 4. The predicted octanol–water partition coefficient (Wildman–Crippen LogP) is 1.14. The van der Waals surface area contributed by atoms with Crippen LogP contribution in [0.4, 0.5) is 5.69 Å². The molecule has 2 unspecified atom stereocenters. The van der Waals surface area contributed by atoms with Gasteiger partial charge in [0.1, 0.15) is 0 Å². The molecule has 24 heavy (non-hydrogen) atoms. The number of piperidine rings is 1. The van der Waals surface area contributed by atoms with Gasteiger partial charge >= 0.3 is 0 Å². The maximum Gasteiger partial charge on any atom is 0.244 e. The quantitative estimate of drug-likeness (QED) is 0.815. The molecular weight excluding hydrogens is 306 g/mol. The molecule has 1 aromatic carbocycles. The summed E-state index contributed by atoms with van der Waals surface area (Å²) < 4.78 is 0. The summed E-state index contributed by atoms with van der Waals surface area (Å²) in [6.45, 7) is 5.92. The van der Waals surface area contributed by atoms with Crippen molar-refractivity contribution in [3.05, 3.63) is 29.8 Å². The number of fused-ring (bicyclic) bond motifs is 1. The Balaban J connectivity index is 1.79. The van der Waals surface area contributed by atoms with Crippen molar-refractivity contribution in [2.45, 2.75) is 32.2 Å². The standard InChI is InChI=1S/C18H23N3O3/c1-11(2)13-5-3-4-6-14(13)20-17(23)16-15(22)9-12-10-19-7-8-21(12)18(16)24/h3-6,11-12,16,19H,7-10H2,1-2H3,(H,20,23). The van der Waals surface area contributed by atoms with Crippen LogP contribution in [0.2, 0.25) is 0 Å². The van der Waals surface area contributed by atoms with Gasteiger partial charge in [-0.2, -0.15) is 0 Å². The van der Waals surface area contributed by atoms with Crippen molar-refractivity contribution in [1.82, 2.24) is 10.2 Å². The maximum absolute atomic E-state index is 12.6. The van der Waals surface area contributed by atoms with Crippen LogP contribution in [0, 0.1) is 5.92 Å². The highest BCUT2D eigenvalue weighted by Crippen LogP contribution is 2.26. The van der Waals surface area contributed by atoms with Gasteiger partial charge in [0, 0.05) is 31.7 Å². The third-order valence-corrected chi connectivity index (χ3v) is 4.74. The number of rotatable bonds is 3. The smallest absolute Gasteiger partial charge is 0.244 e. The average Bonchev–Trinajstić information content (AvgIpc) is 2.55. The lowest BCUT2D eigenvalue weighted by Gasteiger charge is -2.41. The highest BCUT2D eigenvalue weighted by molar-refractivity contribution is 6.22. The molecule has 2 amide bonds. The van der Waals surface area contributed by atoms with Gasteiger partial charge in [-0.15, -0.1) is 0 Å². The van der Waals surface area contributed by atoms with E-state index < -0.39 is 11.8 Å². The van der Waals surface area contributed by atoms with Gasteiger partial charge in [-0.25, -0.2) is 0 Å². The maximum atomic E-state index is 12.6. The summed E-state index contributed by atoms with van der Waals surface area (Å²) in [4.78, 5) is 39.3. The molecule has 2 fully saturated rings. The van der Waals surface area contributed by atoms with Crippen molar-refractivity contribution < 1.29 is 14.4 Å². The predicted molar refractivity (Wildman–Crippen MR) is 90.6 cm³/mol. The van der Waals surface area contributed by atoms with Gasteiger partial charge in [-0.3, -0.25) is 14.4 Å². The van der Waals surface area contributed by atoms with Crippen molar-refractivity contribution >= 4 is 23.3 Å². The Bertz CT molecular complexity index is 671. The first-order valence-corrected chi connectivity index (χ1v) is 8.42. The lowest BCUT2D eigenvalue weighted by atomic mass is 9.88. The Morgan fingerprint density at radius 2 is 2.04 bits per heavy atom. The molecule has 2 saturated heterocycles. The number of ketones is 1. The lowest BCUT2D eigenvalue weighted by molar-refractivity contribution is -0.153. The number of Topliss-reactive ketones (excluding diaryl/α,β-unsaturated/α-hetero) is 1. The van der Waals surface area contributed by atoms with E-state index in [9.17, 15) is 14.4 Å². The van der Waals surface area contributed by atoms with Crippen LogP contribution < -0.4 is 10.6 Å². The summed E-state index contributed by atoms with van der Waals surface area (Å²) in [5.41, 5.74) is 1.65. The molecule has 2 heterocycles. The number of hydrogen-bond donors (Lipinski definition) is 2. The van der Waals surface area contributed by atoms with E-state index in [-0.39, 0.29) is 30.1 Å². The molecule has 2 atom stereocenters. The minimum atomic E-state index is -1.22. The highest BCUT2D eigenvalue weighted by atomic mass is 16.2. The Hall–Kier alpha value is -2.21. The summed E-state index contributed by atoms with van der Waals surface area (Å²) in [5.74, 6) is -2.16. The van der Waals surface area contributed by atoms with Crippen LogP contribution in [0.3, 0.4) is 0 Å². The molecule has 3 rings (SSSR count). The Morgan fingerprint density at radius 1 is 1.29 bits per heavy atom. The van der Waals surface area contributed by atoms with Crippen molar-refractivity contribution in [2.75, 3.05) is 25.0 Å². The van der Waals surface area contributed by atoms with Crippen molar-refractivity contribution in [2.24, 2.45) is 5.92 Å². The van der Waals surface area contributed by atoms with Gasteiger partial charge in [0.25, 0.3) is 0 Å². The number of benzene rings is 1. The molecule has 0 saturated carbocycles. The van der Waals surface area contributed by atoms with E-state index in [4.69, 9.17) is 0 Å². The molecule has 6 nitrogen and oxygen atoms in total. The molecule has 0 spiro atoms. The summed E-state index contributed by atoms with van der Waals surface area (Å²) >= 11 is 0. The van der Waals surface area contributed by atoms with Crippen LogP contribution in [0.25, 0.3) is 0 Å². The van der Waals surface area contributed by atoms with Gasteiger partial charge in [0.05, 0.1) is 6.04 Å². The number of nitrogens with zero attached hydrogens (tertiary/aromatic N) is 1. The molecule has 2 N–H and O–H groups in total. The van der Waals surface area contributed by atoms with E-state index in [1.165, 1.54) is 0 Å². The zero-order valence-corrected chi connectivity index (χ0v) is 14.0. The van der Waals surface area contributed by atoms with E-state index in [2.05, 4.69) is 10.6 Å². The molecule has 6 heteroatoms. The van der Waals surface area contributed by atoms with Crippen LogP contribution in [-0.4, -0.2) is 48.2 Å². The zero-order chi connectivity index (χ0) is 17.3. The number of para-hydroxylation sites is 1. The van der Waals surface area contributed by atoms with E-state index in [1.807, 2.05) is 32.0 Å². The number of anilines is 1. The Morgan fingerprint density at radius 3 is 2.79 bits per heavy atom.